The van der Waals surface area contributed by atoms with Gasteiger partial charge in [0, 0.05) is 13.1 Å². The van der Waals surface area contributed by atoms with E-state index in [4.69, 9.17) is 0 Å². The second-order valence-corrected chi connectivity index (χ2v) is 12.5. The van der Waals surface area contributed by atoms with Gasteiger partial charge in [-0.2, -0.15) is 0 Å². The minimum absolute atomic E-state index is 0.0907. The lowest BCUT2D eigenvalue weighted by Crippen LogP contribution is -2.52. The maximum atomic E-state index is 14.1. The van der Waals surface area contributed by atoms with Crippen LogP contribution in [0.4, 0.5) is 5.69 Å². The molecule has 0 bridgehead atoms. The average Bonchev–Trinajstić information content (AvgIpc) is 2.92. The second kappa shape index (κ2) is 13.6. The first kappa shape index (κ1) is 30.9. The Morgan fingerprint density at radius 3 is 2.17 bits per heavy atom. The zero-order chi connectivity index (χ0) is 29.4. The summed E-state index contributed by atoms with van der Waals surface area (Å²) in [5, 5.41) is 2.96. The van der Waals surface area contributed by atoms with Gasteiger partial charge < -0.3 is 10.2 Å². The van der Waals surface area contributed by atoms with Crippen LogP contribution in [0.5, 0.6) is 0 Å². The standard InChI is InChI=1S/C32H41N3O4S/c1-7-30(32(37)33-20-23(2)3)34(21-27-13-11-12-24(4)18-27)31(36)22-35(28-17-16-25(5)26(6)19-28)40(38,39)29-14-9-8-10-15-29/h8-19,23,30H,7,20-22H2,1-6H3,(H,33,37). The normalized spacial score (nSPS) is 12.2. The smallest absolute Gasteiger partial charge is 0.264 e. The fourth-order valence-electron chi connectivity index (χ4n) is 4.48. The van der Waals surface area contributed by atoms with Gasteiger partial charge in [-0.1, -0.05) is 74.9 Å². The third-order valence-electron chi connectivity index (χ3n) is 6.89. The van der Waals surface area contributed by atoms with E-state index in [1.165, 1.54) is 17.0 Å². The van der Waals surface area contributed by atoms with E-state index in [-0.39, 0.29) is 23.3 Å². The van der Waals surface area contributed by atoms with Crippen LogP contribution in [0.3, 0.4) is 0 Å². The van der Waals surface area contributed by atoms with E-state index in [0.717, 1.165) is 26.6 Å². The van der Waals surface area contributed by atoms with Crippen molar-refractivity contribution < 1.29 is 18.0 Å². The van der Waals surface area contributed by atoms with Gasteiger partial charge in [-0.3, -0.25) is 13.9 Å². The number of aryl methyl sites for hydroxylation is 3. The van der Waals surface area contributed by atoms with Crippen LogP contribution in [-0.4, -0.2) is 44.3 Å². The van der Waals surface area contributed by atoms with E-state index in [2.05, 4.69) is 5.32 Å². The number of hydrogen-bond donors (Lipinski definition) is 1. The van der Waals surface area contributed by atoms with Crippen molar-refractivity contribution in [3.63, 3.8) is 0 Å². The van der Waals surface area contributed by atoms with Gasteiger partial charge in [0.05, 0.1) is 10.6 Å². The Morgan fingerprint density at radius 2 is 1.57 bits per heavy atom. The van der Waals surface area contributed by atoms with Gasteiger partial charge >= 0.3 is 0 Å². The van der Waals surface area contributed by atoms with Gasteiger partial charge in [0.2, 0.25) is 11.8 Å². The van der Waals surface area contributed by atoms with Gasteiger partial charge in [0.1, 0.15) is 12.6 Å². The molecule has 0 fully saturated rings. The number of rotatable bonds is 12. The van der Waals surface area contributed by atoms with Crippen LogP contribution in [0, 0.1) is 26.7 Å². The molecule has 0 heterocycles. The van der Waals surface area contributed by atoms with Crippen LogP contribution >= 0.6 is 0 Å². The Labute approximate surface area is 239 Å². The number of anilines is 1. The van der Waals surface area contributed by atoms with Crippen molar-refractivity contribution in [3.05, 3.63) is 95.1 Å². The van der Waals surface area contributed by atoms with Gasteiger partial charge in [0.25, 0.3) is 10.0 Å². The van der Waals surface area contributed by atoms with Gasteiger partial charge in [-0.15, -0.1) is 0 Å². The third kappa shape index (κ3) is 7.72. The van der Waals surface area contributed by atoms with Crippen LogP contribution < -0.4 is 9.62 Å². The summed E-state index contributed by atoms with van der Waals surface area (Å²) in [5.74, 6) is -0.453. The highest BCUT2D eigenvalue weighted by Gasteiger charge is 2.33. The van der Waals surface area contributed by atoms with E-state index in [9.17, 15) is 18.0 Å². The van der Waals surface area contributed by atoms with Gasteiger partial charge in [-0.05, 0) is 74.1 Å². The summed E-state index contributed by atoms with van der Waals surface area (Å²) in [6, 6.07) is 20.4. The first-order valence-electron chi connectivity index (χ1n) is 13.7. The van der Waals surface area contributed by atoms with Crippen molar-refractivity contribution in [2.45, 2.75) is 65.4 Å². The summed E-state index contributed by atoms with van der Waals surface area (Å²) in [4.78, 5) is 29.0. The van der Waals surface area contributed by atoms with Crippen molar-refractivity contribution in [1.82, 2.24) is 10.2 Å². The third-order valence-corrected chi connectivity index (χ3v) is 8.68. The minimum Gasteiger partial charge on any atom is -0.354 e. The molecular weight excluding hydrogens is 522 g/mol. The summed E-state index contributed by atoms with van der Waals surface area (Å²) >= 11 is 0. The van der Waals surface area contributed by atoms with Crippen LogP contribution in [0.25, 0.3) is 0 Å². The van der Waals surface area contributed by atoms with Crippen molar-refractivity contribution in [2.24, 2.45) is 5.92 Å². The molecule has 0 saturated heterocycles. The SMILES string of the molecule is CCC(C(=O)NCC(C)C)N(Cc1cccc(C)c1)C(=O)CN(c1ccc(C)c(C)c1)S(=O)(=O)c1ccccc1. The zero-order valence-corrected chi connectivity index (χ0v) is 25.2. The minimum atomic E-state index is -4.08. The molecule has 0 saturated carbocycles. The molecule has 2 amide bonds. The van der Waals surface area contributed by atoms with Crippen molar-refractivity contribution >= 4 is 27.5 Å². The second-order valence-electron chi connectivity index (χ2n) is 10.7. The molecule has 1 N–H and O–H groups in total. The number of carbonyl (C=O) groups excluding carboxylic acids is 2. The highest BCUT2D eigenvalue weighted by Crippen LogP contribution is 2.26. The van der Waals surface area contributed by atoms with E-state index < -0.39 is 28.5 Å². The Bertz CT molecular complexity index is 1420. The first-order valence-corrected chi connectivity index (χ1v) is 15.2. The van der Waals surface area contributed by atoms with Gasteiger partial charge in [0.15, 0.2) is 0 Å². The van der Waals surface area contributed by atoms with Gasteiger partial charge in [-0.25, -0.2) is 8.42 Å². The van der Waals surface area contributed by atoms with E-state index >= 15 is 0 Å². The van der Waals surface area contributed by atoms with Crippen LogP contribution in [0.15, 0.2) is 77.7 Å². The number of nitrogens with one attached hydrogen (secondary N) is 1. The summed E-state index contributed by atoms with van der Waals surface area (Å²) in [6.45, 7) is 11.9. The summed E-state index contributed by atoms with van der Waals surface area (Å²) < 4.78 is 29.0. The topological polar surface area (TPSA) is 86.8 Å². The number of benzene rings is 3. The molecule has 0 radical (unpaired) electrons. The quantitative estimate of drug-likeness (QED) is 0.320. The van der Waals surface area contributed by atoms with Crippen molar-refractivity contribution in [1.29, 1.82) is 0 Å². The van der Waals surface area contributed by atoms with Crippen LogP contribution in [-0.2, 0) is 26.2 Å². The Morgan fingerprint density at radius 1 is 0.875 bits per heavy atom. The summed E-state index contributed by atoms with van der Waals surface area (Å²) in [6.07, 6.45) is 0.385. The summed E-state index contributed by atoms with van der Waals surface area (Å²) in [5.41, 5.74) is 4.22. The Hall–Kier alpha value is -3.65. The molecule has 0 aliphatic rings. The molecule has 0 aliphatic heterocycles. The zero-order valence-electron chi connectivity index (χ0n) is 24.3. The fourth-order valence-corrected chi connectivity index (χ4v) is 5.91. The molecule has 1 unspecified atom stereocenters. The molecule has 0 spiro atoms. The number of hydrogen-bond acceptors (Lipinski definition) is 4. The van der Waals surface area contributed by atoms with E-state index in [0.29, 0.717) is 18.7 Å². The van der Waals surface area contributed by atoms with Crippen LogP contribution in [0.2, 0.25) is 0 Å². The maximum Gasteiger partial charge on any atom is 0.264 e. The highest BCUT2D eigenvalue weighted by atomic mass is 32.2. The molecule has 0 aromatic heterocycles. The Balaban J connectivity index is 2.06. The monoisotopic (exact) mass is 563 g/mol. The number of nitrogens with zero attached hydrogens (tertiary/aromatic N) is 2. The maximum absolute atomic E-state index is 14.1. The predicted octanol–water partition coefficient (Wildman–Crippen LogP) is 5.39. The Kier molecular flexibility index (Phi) is 10.5. The molecule has 8 heteroatoms. The van der Waals surface area contributed by atoms with E-state index in [1.807, 2.05) is 71.9 Å². The molecule has 40 heavy (non-hydrogen) atoms. The van der Waals surface area contributed by atoms with Crippen molar-refractivity contribution in [2.75, 3.05) is 17.4 Å². The molecule has 3 aromatic rings. The largest absolute Gasteiger partial charge is 0.354 e. The number of amides is 2. The lowest BCUT2D eigenvalue weighted by molar-refractivity contribution is -0.140. The average molecular weight is 564 g/mol. The van der Waals surface area contributed by atoms with Crippen molar-refractivity contribution in [3.8, 4) is 0 Å². The number of carbonyl (C=O) groups is 2. The predicted molar refractivity (Wildman–Crippen MR) is 161 cm³/mol. The molecule has 7 nitrogen and oxygen atoms in total. The molecular formula is C32H41N3O4S. The lowest BCUT2D eigenvalue weighted by atomic mass is 10.1. The molecule has 1 atom stereocenters. The first-order chi connectivity index (χ1) is 18.9. The molecule has 0 aliphatic carbocycles. The molecule has 3 aromatic carbocycles. The molecule has 3 rings (SSSR count). The fraction of sp³-hybridized carbons (Fsp3) is 0.375. The highest BCUT2D eigenvalue weighted by molar-refractivity contribution is 7.92. The summed E-state index contributed by atoms with van der Waals surface area (Å²) in [7, 11) is -4.08. The molecule has 214 valence electrons. The van der Waals surface area contributed by atoms with Crippen LogP contribution in [0.1, 0.15) is 49.4 Å². The number of sulfonamides is 1. The van der Waals surface area contributed by atoms with E-state index in [1.54, 1.807) is 30.3 Å². The lowest BCUT2D eigenvalue weighted by Gasteiger charge is -2.33.